The van der Waals surface area contributed by atoms with Crippen molar-refractivity contribution in [3.63, 3.8) is 0 Å². The number of carbonyl (C=O) groups is 1. The second-order valence-electron chi connectivity index (χ2n) is 6.05. The van der Waals surface area contributed by atoms with Gasteiger partial charge in [0, 0.05) is 32.6 Å². The molecule has 0 bridgehead atoms. The van der Waals surface area contributed by atoms with Crippen LogP contribution in [0.5, 0.6) is 0 Å². The van der Waals surface area contributed by atoms with Crippen molar-refractivity contribution < 1.29 is 4.79 Å². The zero-order valence-corrected chi connectivity index (χ0v) is 17.8. The highest BCUT2D eigenvalue weighted by Gasteiger charge is 2.07. The van der Waals surface area contributed by atoms with Gasteiger partial charge in [0.15, 0.2) is 5.96 Å². The maximum atomic E-state index is 11.7. The topological polar surface area (TPSA) is 56.7 Å². The summed E-state index contributed by atoms with van der Waals surface area (Å²) in [5.74, 6) is 0.867. The molecule has 1 aromatic carbocycles. The molecule has 0 radical (unpaired) electrons. The molecule has 0 aliphatic rings. The summed E-state index contributed by atoms with van der Waals surface area (Å²) in [4.78, 5) is 18.3. The first kappa shape index (κ1) is 22.7. The molecule has 2 N–H and O–H groups in total. The molecule has 0 saturated heterocycles. The van der Waals surface area contributed by atoms with E-state index in [1.807, 2.05) is 27.8 Å². The van der Waals surface area contributed by atoms with Crippen LogP contribution in [-0.4, -0.2) is 42.9 Å². The fraction of sp³-hybridized carbons (Fsp3) is 0.556. The number of amides is 1. The zero-order chi connectivity index (χ0) is 17.2. The molecule has 0 spiro atoms. The number of nitrogens with zero attached hydrogens (tertiary/aromatic N) is 2. The molecule has 24 heavy (non-hydrogen) atoms. The Labute approximate surface area is 163 Å². The van der Waals surface area contributed by atoms with Gasteiger partial charge in [0.2, 0.25) is 5.91 Å². The molecule has 1 aromatic rings. The van der Waals surface area contributed by atoms with E-state index in [9.17, 15) is 4.79 Å². The predicted molar refractivity (Wildman–Crippen MR) is 112 cm³/mol. The molecule has 0 saturated carbocycles. The molecule has 0 heterocycles. The summed E-state index contributed by atoms with van der Waals surface area (Å²) in [5.41, 5.74) is 2.49. The van der Waals surface area contributed by atoms with E-state index in [0.29, 0.717) is 13.0 Å². The molecule has 6 heteroatoms. The monoisotopic (exact) mass is 446 g/mol. The number of hydrogen-bond donors (Lipinski definition) is 2. The first-order valence-corrected chi connectivity index (χ1v) is 8.26. The Bertz CT molecular complexity index is 514. The molecule has 136 valence electrons. The van der Waals surface area contributed by atoms with E-state index in [1.165, 1.54) is 11.1 Å². The molecule has 0 fully saturated rings. The lowest BCUT2D eigenvalue weighted by molar-refractivity contribution is -0.121. The minimum absolute atomic E-state index is 0. The smallest absolute Gasteiger partial charge is 0.222 e. The third-order valence-corrected chi connectivity index (χ3v) is 3.29. The summed E-state index contributed by atoms with van der Waals surface area (Å²) in [6.45, 7) is 10.1. The lowest BCUT2D eigenvalue weighted by atomic mass is 10.1. The molecule has 1 rings (SSSR count). The standard InChI is InChI=1S/C18H30N4O.HI/c1-6-19-18(20-12-11-17(23)21-14(2)3)22(5)13-16-9-7-15(4)8-10-16;/h7-10,14H,6,11-13H2,1-5H3,(H,19,20)(H,21,23);1H. The summed E-state index contributed by atoms with van der Waals surface area (Å²) < 4.78 is 0. The average molecular weight is 446 g/mol. The number of aryl methyl sites for hydroxylation is 1. The highest BCUT2D eigenvalue weighted by Crippen LogP contribution is 2.06. The molecule has 1 amide bonds. The number of aliphatic imine (C=N–C) groups is 1. The molecular weight excluding hydrogens is 415 g/mol. The van der Waals surface area contributed by atoms with Crippen LogP contribution in [0, 0.1) is 6.92 Å². The van der Waals surface area contributed by atoms with Gasteiger partial charge in [0.05, 0.1) is 6.54 Å². The lowest BCUT2D eigenvalue weighted by Crippen LogP contribution is -2.38. The van der Waals surface area contributed by atoms with Gasteiger partial charge in [-0.2, -0.15) is 0 Å². The van der Waals surface area contributed by atoms with Crippen molar-refractivity contribution in [3.05, 3.63) is 35.4 Å². The fourth-order valence-corrected chi connectivity index (χ4v) is 2.17. The summed E-state index contributed by atoms with van der Waals surface area (Å²) in [6, 6.07) is 8.66. The third-order valence-electron chi connectivity index (χ3n) is 3.29. The molecule has 0 unspecified atom stereocenters. The van der Waals surface area contributed by atoms with Crippen LogP contribution in [0.2, 0.25) is 0 Å². The Morgan fingerprint density at radius 1 is 1.25 bits per heavy atom. The quantitative estimate of drug-likeness (QED) is 0.385. The van der Waals surface area contributed by atoms with Crippen molar-refractivity contribution in [3.8, 4) is 0 Å². The minimum atomic E-state index is 0. The van der Waals surface area contributed by atoms with Gasteiger partial charge >= 0.3 is 0 Å². The number of carbonyl (C=O) groups excluding carboxylic acids is 1. The highest BCUT2D eigenvalue weighted by atomic mass is 127. The van der Waals surface area contributed by atoms with E-state index in [4.69, 9.17) is 0 Å². The number of benzene rings is 1. The van der Waals surface area contributed by atoms with Gasteiger partial charge in [-0.1, -0.05) is 29.8 Å². The van der Waals surface area contributed by atoms with Crippen LogP contribution < -0.4 is 10.6 Å². The first-order chi connectivity index (χ1) is 10.9. The van der Waals surface area contributed by atoms with Crippen molar-refractivity contribution in [2.45, 2.75) is 46.7 Å². The lowest BCUT2D eigenvalue weighted by Gasteiger charge is -2.22. The molecule has 0 aliphatic heterocycles. The van der Waals surface area contributed by atoms with Gasteiger partial charge in [0.1, 0.15) is 0 Å². The third kappa shape index (κ3) is 9.10. The van der Waals surface area contributed by atoms with Crippen molar-refractivity contribution in [1.82, 2.24) is 15.5 Å². The van der Waals surface area contributed by atoms with Crippen LogP contribution in [0.1, 0.15) is 38.3 Å². The summed E-state index contributed by atoms with van der Waals surface area (Å²) in [5, 5.41) is 6.15. The Balaban J connectivity index is 0.00000529. The van der Waals surface area contributed by atoms with E-state index < -0.39 is 0 Å². The Hall–Kier alpha value is -1.31. The maximum Gasteiger partial charge on any atom is 0.222 e. The van der Waals surface area contributed by atoms with Crippen molar-refractivity contribution in [2.24, 2.45) is 4.99 Å². The molecule has 0 atom stereocenters. The van der Waals surface area contributed by atoms with Gasteiger partial charge in [-0.15, -0.1) is 24.0 Å². The van der Waals surface area contributed by atoms with Crippen molar-refractivity contribution >= 4 is 35.8 Å². The SMILES string of the molecule is CCNC(=NCCC(=O)NC(C)C)N(C)Cc1ccc(C)cc1.I. The predicted octanol–water partition coefficient (Wildman–Crippen LogP) is 2.93. The van der Waals surface area contributed by atoms with E-state index in [-0.39, 0.29) is 35.9 Å². The second-order valence-corrected chi connectivity index (χ2v) is 6.05. The van der Waals surface area contributed by atoms with Crippen LogP contribution in [0.25, 0.3) is 0 Å². The van der Waals surface area contributed by atoms with Gasteiger partial charge in [-0.3, -0.25) is 9.79 Å². The maximum absolute atomic E-state index is 11.7. The molecule has 5 nitrogen and oxygen atoms in total. The van der Waals surface area contributed by atoms with Crippen LogP contribution in [0.4, 0.5) is 0 Å². The van der Waals surface area contributed by atoms with Crippen LogP contribution in [0.3, 0.4) is 0 Å². The number of guanidine groups is 1. The molecular formula is C18H31IN4O. The van der Waals surface area contributed by atoms with E-state index >= 15 is 0 Å². The zero-order valence-electron chi connectivity index (χ0n) is 15.4. The van der Waals surface area contributed by atoms with E-state index in [0.717, 1.165) is 19.0 Å². The van der Waals surface area contributed by atoms with Gasteiger partial charge in [-0.25, -0.2) is 0 Å². The Morgan fingerprint density at radius 2 is 1.88 bits per heavy atom. The van der Waals surface area contributed by atoms with Gasteiger partial charge in [0.25, 0.3) is 0 Å². The number of nitrogens with one attached hydrogen (secondary N) is 2. The number of hydrogen-bond acceptors (Lipinski definition) is 2. The molecule has 0 aliphatic carbocycles. The van der Waals surface area contributed by atoms with Crippen LogP contribution in [-0.2, 0) is 11.3 Å². The summed E-state index contributed by atoms with van der Waals surface area (Å²) in [6.07, 6.45) is 0.408. The van der Waals surface area contributed by atoms with E-state index in [2.05, 4.69) is 51.7 Å². The van der Waals surface area contributed by atoms with Gasteiger partial charge in [-0.05, 0) is 33.3 Å². The van der Waals surface area contributed by atoms with Crippen LogP contribution in [0.15, 0.2) is 29.3 Å². The Kier molecular flexibility index (Phi) is 11.4. The second kappa shape index (κ2) is 12.1. The van der Waals surface area contributed by atoms with Crippen molar-refractivity contribution in [1.29, 1.82) is 0 Å². The highest BCUT2D eigenvalue weighted by molar-refractivity contribution is 14.0. The Morgan fingerprint density at radius 3 is 2.42 bits per heavy atom. The van der Waals surface area contributed by atoms with Gasteiger partial charge < -0.3 is 15.5 Å². The molecule has 0 aromatic heterocycles. The average Bonchev–Trinajstić information content (AvgIpc) is 2.48. The van der Waals surface area contributed by atoms with Crippen molar-refractivity contribution in [2.75, 3.05) is 20.1 Å². The first-order valence-electron chi connectivity index (χ1n) is 8.26. The number of rotatable bonds is 7. The summed E-state index contributed by atoms with van der Waals surface area (Å²) >= 11 is 0. The number of halogens is 1. The normalized spacial score (nSPS) is 11.0. The fourth-order valence-electron chi connectivity index (χ4n) is 2.17. The summed E-state index contributed by atoms with van der Waals surface area (Å²) in [7, 11) is 2.01. The van der Waals surface area contributed by atoms with E-state index in [1.54, 1.807) is 0 Å². The van der Waals surface area contributed by atoms with Crippen LogP contribution >= 0.6 is 24.0 Å². The minimum Gasteiger partial charge on any atom is -0.357 e. The largest absolute Gasteiger partial charge is 0.357 e.